The van der Waals surface area contributed by atoms with Crippen molar-refractivity contribution in [1.82, 2.24) is 25.3 Å². The largest absolute Gasteiger partial charge is 0.445 e. The Balaban J connectivity index is 1.19. The van der Waals surface area contributed by atoms with Crippen LogP contribution in [0.25, 0.3) is 0 Å². The number of nitrogens with zero attached hydrogens (tertiary/aromatic N) is 4. The first kappa shape index (κ1) is 43.5. The summed E-state index contributed by atoms with van der Waals surface area (Å²) in [5.41, 5.74) is 2.30. The number of hydrogen-bond donors (Lipinski definition) is 2. The first-order valence-electron chi connectivity index (χ1n) is 20.6. The number of fused-ring (bicyclic) bond motifs is 1. The molecule has 0 spiro atoms. The van der Waals surface area contributed by atoms with Crippen LogP contribution in [0.2, 0.25) is 0 Å². The van der Waals surface area contributed by atoms with Gasteiger partial charge in [0.1, 0.15) is 18.0 Å². The number of anilines is 1. The summed E-state index contributed by atoms with van der Waals surface area (Å²) in [7, 11) is 0. The molecule has 2 saturated heterocycles. The minimum absolute atomic E-state index is 0.0736. The summed E-state index contributed by atoms with van der Waals surface area (Å²) in [5.74, 6) is -0.760. The zero-order valence-electron chi connectivity index (χ0n) is 35.2. The first-order chi connectivity index (χ1) is 28.1. The fourth-order valence-corrected chi connectivity index (χ4v) is 8.04. The number of carbonyl (C=O) groups is 4. The SMILES string of the molecule is C[C@@H]1COCCN1C[C@H]1CN(C(=O)OC(C)(C)C)[C@H](C)CN1CC(=O)N1CC(C)(C(=O)NCCNC(=O)OCc2ccccc2)c2ccc(Cc3ccc(F)cc3)cc21. The average molecular weight is 815 g/mol. The molecule has 0 aromatic heterocycles. The fourth-order valence-electron chi connectivity index (χ4n) is 8.04. The Morgan fingerprint density at radius 2 is 1.59 bits per heavy atom. The first-order valence-corrected chi connectivity index (χ1v) is 20.6. The van der Waals surface area contributed by atoms with Crippen molar-refractivity contribution >= 4 is 29.7 Å². The molecule has 318 valence electrons. The number of ether oxygens (including phenoxy) is 3. The van der Waals surface area contributed by atoms with Crippen LogP contribution >= 0.6 is 0 Å². The lowest BCUT2D eigenvalue weighted by Gasteiger charge is -2.47. The fraction of sp³-hybridized carbons (Fsp3) is 0.511. The number of alkyl carbamates (subject to hydrolysis) is 1. The smallest absolute Gasteiger partial charge is 0.410 e. The second kappa shape index (κ2) is 18.9. The van der Waals surface area contributed by atoms with Crippen molar-refractivity contribution in [3.63, 3.8) is 0 Å². The van der Waals surface area contributed by atoms with Crippen LogP contribution in [0.15, 0.2) is 72.8 Å². The molecule has 0 saturated carbocycles. The Morgan fingerprint density at radius 3 is 2.31 bits per heavy atom. The average Bonchev–Trinajstić information content (AvgIpc) is 3.50. The minimum atomic E-state index is -1.10. The van der Waals surface area contributed by atoms with Crippen molar-refractivity contribution in [2.75, 3.05) is 70.5 Å². The van der Waals surface area contributed by atoms with Crippen LogP contribution in [-0.4, -0.2) is 128 Å². The third kappa shape index (κ3) is 11.2. The summed E-state index contributed by atoms with van der Waals surface area (Å²) in [4.78, 5) is 62.6. The molecular formula is C45H59FN6O7. The summed E-state index contributed by atoms with van der Waals surface area (Å²) >= 11 is 0. The van der Waals surface area contributed by atoms with Crippen LogP contribution in [-0.2, 0) is 42.2 Å². The van der Waals surface area contributed by atoms with E-state index >= 15 is 0 Å². The summed E-state index contributed by atoms with van der Waals surface area (Å²) in [5, 5.41) is 5.66. The number of amides is 4. The van der Waals surface area contributed by atoms with E-state index in [1.807, 2.05) is 83.1 Å². The van der Waals surface area contributed by atoms with Crippen molar-refractivity contribution in [1.29, 1.82) is 0 Å². The summed E-state index contributed by atoms with van der Waals surface area (Å²) in [6.07, 6.45) is -0.457. The van der Waals surface area contributed by atoms with Gasteiger partial charge < -0.3 is 34.6 Å². The van der Waals surface area contributed by atoms with Gasteiger partial charge in [-0.05, 0) is 88.4 Å². The van der Waals surface area contributed by atoms with E-state index in [9.17, 15) is 23.6 Å². The van der Waals surface area contributed by atoms with Crippen LogP contribution in [0.4, 0.5) is 19.7 Å². The van der Waals surface area contributed by atoms with Crippen molar-refractivity contribution in [2.24, 2.45) is 0 Å². The number of morpholine rings is 1. The Kier molecular flexibility index (Phi) is 13.9. The molecule has 4 amide bonds. The molecule has 3 aliphatic rings. The predicted octanol–water partition coefficient (Wildman–Crippen LogP) is 5.09. The molecule has 3 aliphatic heterocycles. The summed E-state index contributed by atoms with van der Waals surface area (Å²) in [6, 6.07) is 21.3. The molecule has 14 heteroatoms. The summed E-state index contributed by atoms with van der Waals surface area (Å²) < 4.78 is 30.5. The van der Waals surface area contributed by atoms with E-state index in [0.29, 0.717) is 50.5 Å². The van der Waals surface area contributed by atoms with Gasteiger partial charge in [-0.25, -0.2) is 14.0 Å². The van der Waals surface area contributed by atoms with Crippen LogP contribution < -0.4 is 15.5 Å². The van der Waals surface area contributed by atoms with Crippen LogP contribution in [0.3, 0.4) is 0 Å². The van der Waals surface area contributed by atoms with E-state index < -0.39 is 17.1 Å². The maximum Gasteiger partial charge on any atom is 0.410 e. The van der Waals surface area contributed by atoms with Crippen molar-refractivity contribution in [2.45, 2.75) is 83.7 Å². The number of hydrogen-bond acceptors (Lipinski definition) is 9. The highest BCUT2D eigenvalue weighted by atomic mass is 19.1. The van der Waals surface area contributed by atoms with Gasteiger partial charge in [-0.15, -0.1) is 0 Å². The zero-order valence-corrected chi connectivity index (χ0v) is 35.2. The molecule has 2 fully saturated rings. The Bertz CT molecular complexity index is 1940. The third-order valence-corrected chi connectivity index (χ3v) is 11.3. The molecule has 13 nitrogen and oxygen atoms in total. The second-order valence-electron chi connectivity index (χ2n) is 17.2. The molecule has 1 unspecified atom stereocenters. The van der Waals surface area contributed by atoms with E-state index in [4.69, 9.17) is 14.2 Å². The quantitative estimate of drug-likeness (QED) is 0.240. The maximum atomic E-state index is 14.7. The molecule has 4 atom stereocenters. The Hall–Kier alpha value is -5.05. The van der Waals surface area contributed by atoms with Gasteiger partial charge in [0, 0.05) is 69.6 Å². The molecule has 3 heterocycles. The standard InChI is InChI=1S/C45H59FN6O7/c1-31-24-50(37(25-49-20-21-57-28-32(49)2)26-51(31)43(56)59-44(3,4)5)27-40(53)52-30-45(6,38-17-14-35(23-39(38)52)22-33-12-15-36(46)16-13-33)41(54)47-18-19-48-42(55)58-29-34-10-8-7-9-11-34/h7-17,23,31-32,37H,18-22,24-30H2,1-6H3,(H,47,54)(H,48,55)/t31-,32-,37+,45?/m1/s1. The van der Waals surface area contributed by atoms with Crippen molar-refractivity contribution < 1.29 is 37.8 Å². The lowest BCUT2D eigenvalue weighted by molar-refractivity contribution is -0.126. The third-order valence-electron chi connectivity index (χ3n) is 11.3. The highest BCUT2D eigenvalue weighted by Crippen LogP contribution is 2.42. The molecule has 2 N–H and O–H groups in total. The number of carbonyl (C=O) groups excluding carboxylic acids is 4. The lowest BCUT2D eigenvalue weighted by Crippen LogP contribution is -2.64. The van der Waals surface area contributed by atoms with Gasteiger partial charge in [0.15, 0.2) is 0 Å². The number of halogens is 1. The van der Waals surface area contributed by atoms with Crippen LogP contribution in [0, 0.1) is 5.82 Å². The topological polar surface area (TPSA) is 133 Å². The van der Waals surface area contributed by atoms with Gasteiger partial charge in [0.05, 0.1) is 25.2 Å². The van der Waals surface area contributed by atoms with Gasteiger partial charge in [-0.1, -0.05) is 54.6 Å². The molecular weight excluding hydrogens is 756 g/mol. The van der Waals surface area contributed by atoms with Crippen molar-refractivity contribution in [3.8, 4) is 0 Å². The maximum absolute atomic E-state index is 14.7. The summed E-state index contributed by atoms with van der Waals surface area (Å²) in [6.45, 7) is 15.6. The molecule has 0 radical (unpaired) electrons. The van der Waals surface area contributed by atoms with Gasteiger partial charge in [-0.2, -0.15) is 0 Å². The van der Waals surface area contributed by atoms with E-state index in [2.05, 4.69) is 27.4 Å². The van der Waals surface area contributed by atoms with Crippen molar-refractivity contribution in [3.05, 3.63) is 101 Å². The van der Waals surface area contributed by atoms with E-state index in [-0.39, 0.29) is 74.6 Å². The van der Waals surface area contributed by atoms with E-state index in [0.717, 1.165) is 23.2 Å². The number of benzene rings is 3. The van der Waals surface area contributed by atoms with Gasteiger partial charge >= 0.3 is 12.2 Å². The molecule has 0 bridgehead atoms. The van der Waals surface area contributed by atoms with Crippen LogP contribution in [0.1, 0.15) is 63.8 Å². The Labute approximate surface area is 347 Å². The molecule has 3 aromatic carbocycles. The number of nitrogens with one attached hydrogen (secondary N) is 2. The van der Waals surface area contributed by atoms with Crippen LogP contribution in [0.5, 0.6) is 0 Å². The van der Waals surface area contributed by atoms with Gasteiger partial charge in [-0.3, -0.25) is 19.4 Å². The number of rotatable bonds is 12. The zero-order chi connectivity index (χ0) is 42.3. The number of piperazine rings is 1. The van der Waals surface area contributed by atoms with E-state index in [1.165, 1.54) is 12.1 Å². The molecule has 0 aliphatic carbocycles. The highest BCUT2D eigenvalue weighted by Gasteiger charge is 2.47. The monoisotopic (exact) mass is 814 g/mol. The molecule has 3 aromatic rings. The molecule has 6 rings (SSSR count). The molecule has 59 heavy (non-hydrogen) atoms. The second-order valence-corrected chi connectivity index (χ2v) is 17.2. The highest BCUT2D eigenvalue weighted by molar-refractivity contribution is 6.03. The Morgan fingerprint density at radius 1 is 0.881 bits per heavy atom. The van der Waals surface area contributed by atoms with E-state index in [1.54, 1.807) is 21.9 Å². The minimum Gasteiger partial charge on any atom is -0.445 e. The normalized spacial score (nSPS) is 22.4. The predicted molar refractivity (Wildman–Crippen MR) is 223 cm³/mol. The van der Waals surface area contributed by atoms with Gasteiger partial charge in [0.2, 0.25) is 11.8 Å². The lowest BCUT2D eigenvalue weighted by atomic mass is 9.83. The van der Waals surface area contributed by atoms with Gasteiger partial charge in [0.25, 0.3) is 0 Å².